The summed E-state index contributed by atoms with van der Waals surface area (Å²) in [7, 11) is 0. The van der Waals surface area contributed by atoms with Crippen LogP contribution in [0, 0.1) is 11.3 Å². The second kappa shape index (κ2) is 3.57. The van der Waals surface area contributed by atoms with Crippen LogP contribution in [0.15, 0.2) is 36.5 Å². The lowest BCUT2D eigenvalue weighted by atomic mass is 10.2. The summed E-state index contributed by atoms with van der Waals surface area (Å²) in [5, 5.41) is 8.10. The molecule has 0 atom stereocenters. The summed E-state index contributed by atoms with van der Waals surface area (Å²) in [5.74, 6) is -2.07. The van der Waals surface area contributed by atoms with Gasteiger partial charge < -0.3 is 0 Å². The Morgan fingerprint density at radius 3 is 2.10 bits per heavy atom. The van der Waals surface area contributed by atoms with Crippen LogP contribution in [0.2, 0.25) is 0 Å². The van der Waals surface area contributed by atoms with Crippen LogP contribution < -0.4 is 0 Å². The lowest BCUT2D eigenvalue weighted by Crippen LogP contribution is -1.80. The molecule has 52 valence electrons. The Bertz CT molecular complexity index is 232. The van der Waals surface area contributed by atoms with E-state index in [1.165, 1.54) is 6.07 Å². The fraction of sp³-hybridized carbons (Fsp3) is 0. The predicted molar refractivity (Wildman–Crippen MR) is 34.2 cm³/mol. The first kappa shape index (κ1) is 8.57. The van der Waals surface area contributed by atoms with E-state index in [1.54, 1.807) is 0 Å². The average molecular weight is 141 g/mol. The molecule has 0 heterocycles. The van der Waals surface area contributed by atoms with Gasteiger partial charge in [-0.25, -0.2) is 8.78 Å². The standard InChI is InChI=1S/C7H5F2N/c1-3-7(9)6(4-10)5(2)8/h3H,1-2H2/b7-6+. The van der Waals surface area contributed by atoms with Crippen molar-refractivity contribution in [3.63, 3.8) is 0 Å². The molecule has 0 unspecified atom stereocenters. The van der Waals surface area contributed by atoms with Crippen LogP contribution in [0.5, 0.6) is 0 Å². The summed E-state index contributed by atoms with van der Waals surface area (Å²) < 4.78 is 24.3. The minimum absolute atomic E-state index is 0.699. The fourth-order valence-corrected chi connectivity index (χ4v) is 0.346. The molecule has 0 radical (unpaired) electrons. The highest BCUT2D eigenvalue weighted by Gasteiger charge is 2.05. The summed E-state index contributed by atoms with van der Waals surface area (Å²) in [6.07, 6.45) is 0.753. The molecule has 10 heavy (non-hydrogen) atoms. The minimum atomic E-state index is -1.08. The first-order valence-electron chi connectivity index (χ1n) is 2.40. The molecule has 0 saturated carbocycles. The van der Waals surface area contributed by atoms with Crippen molar-refractivity contribution >= 4 is 0 Å². The number of hydrogen-bond donors (Lipinski definition) is 0. The van der Waals surface area contributed by atoms with Crippen LogP contribution in [0.25, 0.3) is 0 Å². The maximum Gasteiger partial charge on any atom is 0.143 e. The molecule has 0 bridgehead atoms. The maximum absolute atomic E-state index is 12.3. The number of allylic oxidation sites excluding steroid dienone is 4. The molecule has 3 heteroatoms. The highest BCUT2D eigenvalue weighted by atomic mass is 19.1. The quantitative estimate of drug-likeness (QED) is 0.428. The third-order valence-electron chi connectivity index (χ3n) is 0.801. The second-order valence-corrected chi connectivity index (χ2v) is 1.44. The summed E-state index contributed by atoms with van der Waals surface area (Å²) in [6.45, 7) is 5.78. The topological polar surface area (TPSA) is 23.8 Å². The van der Waals surface area contributed by atoms with Crippen LogP contribution in [0.3, 0.4) is 0 Å². The Kier molecular flexibility index (Phi) is 3.06. The average Bonchev–Trinajstić information content (AvgIpc) is 1.88. The lowest BCUT2D eigenvalue weighted by molar-refractivity contribution is 0.622. The third-order valence-corrected chi connectivity index (χ3v) is 0.801. The van der Waals surface area contributed by atoms with Crippen molar-refractivity contribution in [2.24, 2.45) is 0 Å². The summed E-state index contributed by atoms with van der Waals surface area (Å²) in [4.78, 5) is 0. The summed E-state index contributed by atoms with van der Waals surface area (Å²) in [6, 6.07) is 1.31. The van der Waals surface area contributed by atoms with Gasteiger partial charge in [0.2, 0.25) is 0 Å². The van der Waals surface area contributed by atoms with Gasteiger partial charge in [-0.2, -0.15) is 5.26 Å². The van der Waals surface area contributed by atoms with Crippen molar-refractivity contribution in [1.29, 1.82) is 5.26 Å². The highest BCUT2D eigenvalue weighted by Crippen LogP contribution is 2.14. The SMILES string of the molecule is C=C/C(F)=C(/C#N)C(=C)F. The van der Waals surface area contributed by atoms with E-state index in [1.807, 2.05) is 0 Å². The normalized spacial score (nSPS) is 11.3. The molecule has 0 fully saturated rings. The number of halogens is 2. The number of hydrogen-bond acceptors (Lipinski definition) is 1. The van der Waals surface area contributed by atoms with E-state index in [-0.39, 0.29) is 0 Å². The van der Waals surface area contributed by atoms with Crippen LogP contribution in [0.1, 0.15) is 0 Å². The molecular formula is C7H5F2N. The zero-order valence-electron chi connectivity index (χ0n) is 5.19. The number of rotatable bonds is 2. The maximum atomic E-state index is 12.3. The van der Waals surface area contributed by atoms with Crippen LogP contribution in [-0.2, 0) is 0 Å². The van der Waals surface area contributed by atoms with Gasteiger partial charge in [-0.05, 0) is 6.08 Å². The van der Waals surface area contributed by atoms with Gasteiger partial charge in [-0.1, -0.05) is 13.2 Å². The van der Waals surface area contributed by atoms with Gasteiger partial charge in [-0.15, -0.1) is 0 Å². The van der Waals surface area contributed by atoms with Gasteiger partial charge in [0.25, 0.3) is 0 Å². The molecule has 0 N–H and O–H groups in total. The van der Waals surface area contributed by atoms with Crippen LogP contribution in [0.4, 0.5) is 8.78 Å². The van der Waals surface area contributed by atoms with Crippen LogP contribution in [-0.4, -0.2) is 0 Å². The van der Waals surface area contributed by atoms with Gasteiger partial charge >= 0.3 is 0 Å². The van der Waals surface area contributed by atoms with Crippen molar-refractivity contribution in [1.82, 2.24) is 0 Å². The monoisotopic (exact) mass is 141 g/mol. The zero-order valence-corrected chi connectivity index (χ0v) is 5.19. The minimum Gasteiger partial charge on any atom is -0.206 e. The van der Waals surface area contributed by atoms with E-state index in [0.29, 0.717) is 0 Å². The molecule has 0 aromatic rings. The molecular weight excluding hydrogens is 136 g/mol. The summed E-state index contributed by atoms with van der Waals surface area (Å²) >= 11 is 0. The first-order valence-corrected chi connectivity index (χ1v) is 2.40. The van der Waals surface area contributed by atoms with E-state index in [9.17, 15) is 8.78 Å². The molecule has 0 rings (SSSR count). The Labute approximate surface area is 57.6 Å². The van der Waals surface area contributed by atoms with Crippen molar-refractivity contribution < 1.29 is 8.78 Å². The van der Waals surface area contributed by atoms with E-state index in [0.717, 1.165) is 6.08 Å². The molecule has 0 aliphatic carbocycles. The molecule has 0 aromatic heterocycles. The Morgan fingerprint density at radius 1 is 1.50 bits per heavy atom. The number of nitriles is 1. The summed E-state index contributed by atoms with van der Waals surface area (Å²) in [5.41, 5.74) is -0.699. The van der Waals surface area contributed by atoms with Gasteiger partial charge in [0.05, 0.1) is 0 Å². The van der Waals surface area contributed by atoms with E-state index >= 15 is 0 Å². The molecule has 1 nitrogen and oxygen atoms in total. The van der Waals surface area contributed by atoms with E-state index in [4.69, 9.17) is 5.26 Å². The Hall–Kier alpha value is -1.43. The van der Waals surface area contributed by atoms with Crippen molar-refractivity contribution in [3.8, 4) is 6.07 Å². The molecule has 0 amide bonds. The molecule has 0 aliphatic rings. The Morgan fingerprint density at radius 2 is 2.00 bits per heavy atom. The van der Waals surface area contributed by atoms with Crippen molar-refractivity contribution in [3.05, 3.63) is 36.5 Å². The fourth-order valence-electron chi connectivity index (χ4n) is 0.346. The molecule has 0 aliphatic heterocycles. The van der Waals surface area contributed by atoms with E-state index < -0.39 is 17.2 Å². The molecule has 0 aromatic carbocycles. The van der Waals surface area contributed by atoms with Gasteiger partial charge in [0.1, 0.15) is 23.3 Å². The predicted octanol–water partition coefficient (Wildman–Crippen LogP) is 2.40. The smallest absolute Gasteiger partial charge is 0.143 e. The number of nitrogens with zero attached hydrogens (tertiary/aromatic N) is 1. The highest BCUT2D eigenvalue weighted by molar-refractivity contribution is 5.41. The van der Waals surface area contributed by atoms with Crippen molar-refractivity contribution in [2.75, 3.05) is 0 Å². The van der Waals surface area contributed by atoms with Gasteiger partial charge in [0, 0.05) is 0 Å². The van der Waals surface area contributed by atoms with Crippen molar-refractivity contribution in [2.45, 2.75) is 0 Å². The second-order valence-electron chi connectivity index (χ2n) is 1.44. The lowest BCUT2D eigenvalue weighted by Gasteiger charge is -1.90. The third kappa shape index (κ3) is 1.82. The van der Waals surface area contributed by atoms with E-state index in [2.05, 4.69) is 13.2 Å². The van der Waals surface area contributed by atoms with Crippen LogP contribution >= 0.6 is 0 Å². The van der Waals surface area contributed by atoms with Gasteiger partial charge in [-0.3, -0.25) is 0 Å². The Balaban J connectivity index is 4.86. The molecule has 0 spiro atoms. The zero-order chi connectivity index (χ0) is 8.15. The van der Waals surface area contributed by atoms with Gasteiger partial charge in [0.15, 0.2) is 0 Å². The first-order chi connectivity index (χ1) is 4.63. The molecule has 0 saturated heterocycles. The largest absolute Gasteiger partial charge is 0.206 e.